The molecule has 0 saturated carbocycles. The van der Waals surface area contributed by atoms with Gasteiger partial charge >= 0.3 is 0 Å². The molecule has 2 rings (SSSR count). The smallest absolute Gasteiger partial charge is 0.251 e. The van der Waals surface area contributed by atoms with Gasteiger partial charge in [0.2, 0.25) is 5.91 Å². The Balaban J connectivity index is 2.10. The van der Waals surface area contributed by atoms with Crippen LogP contribution in [0.1, 0.15) is 18.0 Å². The van der Waals surface area contributed by atoms with Gasteiger partial charge in [-0.15, -0.1) is 0 Å². The highest BCUT2D eigenvalue weighted by molar-refractivity contribution is 5.86. The lowest BCUT2D eigenvalue weighted by Gasteiger charge is -2.38. The van der Waals surface area contributed by atoms with Gasteiger partial charge in [0.05, 0.1) is 6.04 Å². The highest BCUT2D eigenvalue weighted by Gasteiger charge is 2.39. The van der Waals surface area contributed by atoms with Crippen molar-refractivity contribution in [1.29, 1.82) is 0 Å². The van der Waals surface area contributed by atoms with Crippen molar-refractivity contribution in [2.24, 2.45) is 0 Å². The van der Waals surface area contributed by atoms with E-state index in [0.717, 1.165) is 12.0 Å². The third-order valence-corrected chi connectivity index (χ3v) is 3.71. The number of hydrogen-bond donors (Lipinski definition) is 1. The molecule has 0 radical (unpaired) electrons. The molecule has 1 aliphatic heterocycles. The molecule has 2 unspecified atom stereocenters. The van der Waals surface area contributed by atoms with E-state index in [4.69, 9.17) is 9.47 Å². The quantitative estimate of drug-likeness (QED) is 0.787. The Hall–Kier alpha value is -1.92. The van der Waals surface area contributed by atoms with Crippen LogP contribution in [0.5, 0.6) is 0 Å². The molecule has 1 N–H and O–H groups in total. The van der Waals surface area contributed by atoms with E-state index in [2.05, 4.69) is 5.32 Å². The molecular formula is C16H22N2O4. The molecule has 120 valence electrons. The van der Waals surface area contributed by atoms with Crippen molar-refractivity contribution >= 4 is 11.8 Å². The zero-order valence-electron chi connectivity index (χ0n) is 13.0. The maximum absolute atomic E-state index is 12.4. The molecule has 1 aromatic carbocycles. The molecular weight excluding hydrogens is 284 g/mol. The number of nitrogens with zero attached hydrogens (tertiary/aromatic N) is 1. The predicted octanol–water partition coefficient (Wildman–Crippen LogP) is 0.738. The van der Waals surface area contributed by atoms with Crippen LogP contribution in [0.15, 0.2) is 30.3 Å². The minimum absolute atomic E-state index is 0.0734. The van der Waals surface area contributed by atoms with Gasteiger partial charge in [-0.05, 0) is 12.0 Å². The molecule has 1 heterocycles. The fraction of sp³-hybridized carbons (Fsp3) is 0.500. The van der Waals surface area contributed by atoms with E-state index in [-0.39, 0.29) is 18.4 Å². The van der Waals surface area contributed by atoms with Gasteiger partial charge in [-0.1, -0.05) is 30.3 Å². The van der Waals surface area contributed by atoms with Crippen molar-refractivity contribution in [3.63, 3.8) is 0 Å². The second-order valence-corrected chi connectivity index (χ2v) is 5.23. The lowest BCUT2D eigenvalue weighted by atomic mass is 9.97. The summed E-state index contributed by atoms with van der Waals surface area (Å²) in [5.41, 5.74) is 0.884. The fourth-order valence-electron chi connectivity index (χ4n) is 2.51. The summed E-state index contributed by atoms with van der Waals surface area (Å²) in [7, 11) is 3.33. The first-order valence-electron chi connectivity index (χ1n) is 7.34. The Morgan fingerprint density at radius 2 is 2.14 bits per heavy atom. The molecule has 1 fully saturated rings. The zero-order valence-corrected chi connectivity index (χ0v) is 13.0. The number of methoxy groups -OCH3 is 1. The number of rotatable bonds is 6. The zero-order chi connectivity index (χ0) is 15.9. The van der Waals surface area contributed by atoms with E-state index in [1.165, 1.54) is 0 Å². The molecule has 1 aromatic rings. The average Bonchev–Trinajstić information content (AvgIpc) is 2.54. The van der Waals surface area contributed by atoms with Gasteiger partial charge in [0, 0.05) is 27.3 Å². The van der Waals surface area contributed by atoms with Crippen LogP contribution < -0.4 is 5.32 Å². The minimum atomic E-state index is -0.701. The molecule has 1 saturated heterocycles. The van der Waals surface area contributed by atoms with E-state index in [0.29, 0.717) is 13.2 Å². The number of ether oxygens (including phenoxy) is 2. The van der Waals surface area contributed by atoms with Crippen molar-refractivity contribution < 1.29 is 19.1 Å². The summed E-state index contributed by atoms with van der Waals surface area (Å²) >= 11 is 0. The molecule has 0 aliphatic carbocycles. The SMILES string of the molecule is COCCCNC(=O)C1OCC(=O)N(C)C1c1ccccc1. The Labute approximate surface area is 130 Å². The van der Waals surface area contributed by atoms with E-state index < -0.39 is 12.1 Å². The van der Waals surface area contributed by atoms with Crippen LogP contribution in [0.2, 0.25) is 0 Å². The molecule has 22 heavy (non-hydrogen) atoms. The van der Waals surface area contributed by atoms with E-state index >= 15 is 0 Å². The van der Waals surface area contributed by atoms with Gasteiger partial charge in [-0.25, -0.2) is 0 Å². The van der Waals surface area contributed by atoms with Crippen molar-refractivity contribution in [2.75, 3.05) is 33.9 Å². The molecule has 1 aliphatic rings. The molecule has 6 nitrogen and oxygen atoms in total. The number of hydrogen-bond acceptors (Lipinski definition) is 4. The third-order valence-electron chi connectivity index (χ3n) is 3.71. The van der Waals surface area contributed by atoms with E-state index in [9.17, 15) is 9.59 Å². The Bertz CT molecular complexity index is 506. The number of carbonyl (C=O) groups is 2. The van der Waals surface area contributed by atoms with Gasteiger partial charge in [0.25, 0.3) is 5.91 Å². The van der Waals surface area contributed by atoms with Crippen molar-refractivity contribution in [2.45, 2.75) is 18.6 Å². The standard InChI is InChI=1S/C16H22N2O4/c1-18-13(19)11-22-15(16(20)17-9-6-10-21-2)14(18)12-7-4-3-5-8-12/h3-5,7-8,14-15H,6,9-11H2,1-2H3,(H,17,20). The number of nitrogens with one attached hydrogen (secondary N) is 1. The summed E-state index contributed by atoms with van der Waals surface area (Å²) in [5, 5.41) is 2.84. The average molecular weight is 306 g/mol. The monoisotopic (exact) mass is 306 g/mol. The molecule has 6 heteroatoms. The van der Waals surface area contributed by atoms with Crippen LogP contribution in [0.3, 0.4) is 0 Å². The summed E-state index contributed by atoms with van der Waals surface area (Å²) in [4.78, 5) is 25.9. The van der Waals surface area contributed by atoms with E-state index in [1.807, 2.05) is 30.3 Å². The topological polar surface area (TPSA) is 67.9 Å². The largest absolute Gasteiger partial charge is 0.385 e. The lowest BCUT2D eigenvalue weighted by Crippen LogP contribution is -2.53. The number of morpholine rings is 1. The lowest BCUT2D eigenvalue weighted by molar-refractivity contribution is -0.162. The van der Waals surface area contributed by atoms with Gasteiger partial charge in [0.1, 0.15) is 6.61 Å². The van der Waals surface area contributed by atoms with Crippen molar-refractivity contribution in [1.82, 2.24) is 10.2 Å². The first-order chi connectivity index (χ1) is 10.6. The first kappa shape index (κ1) is 16.5. The van der Waals surface area contributed by atoms with E-state index in [1.54, 1.807) is 19.1 Å². The van der Waals surface area contributed by atoms with Crippen LogP contribution in [-0.2, 0) is 19.1 Å². The Kier molecular flexibility index (Phi) is 5.91. The summed E-state index contributed by atoms with van der Waals surface area (Å²) in [6, 6.07) is 9.05. The normalized spacial score (nSPS) is 21.7. The highest BCUT2D eigenvalue weighted by atomic mass is 16.5. The first-order valence-corrected chi connectivity index (χ1v) is 7.34. The second-order valence-electron chi connectivity index (χ2n) is 5.23. The second kappa shape index (κ2) is 7.91. The molecule has 2 atom stereocenters. The number of amides is 2. The van der Waals surface area contributed by atoms with Crippen LogP contribution in [0.25, 0.3) is 0 Å². The van der Waals surface area contributed by atoms with Gasteiger partial charge < -0.3 is 19.7 Å². The highest BCUT2D eigenvalue weighted by Crippen LogP contribution is 2.28. The third kappa shape index (κ3) is 3.84. The number of likely N-dealkylation sites (N-methyl/N-ethyl adjacent to an activating group) is 1. The predicted molar refractivity (Wildman–Crippen MR) is 81.2 cm³/mol. The van der Waals surface area contributed by atoms with Crippen LogP contribution in [0, 0.1) is 0 Å². The van der Waals surface area contributed by atoms with Crippen molar-refractivity contribution in [3.8, 4) is 0 Å². The minimum Gasteiger partial charge on any atom is -0.385 e. The summed E-state index contributed by atoms with van der Waals surface area (Å²) in [5.74, 6) is -0.332. The summed E-state index contributed by atoms with van der Waals surface area (Å²) in [6.07, 6.45) is 0.0346. The maximum Gasteiger partial charge on any atom is 0.251 e. The molecule has 0 aromatic heterocycles. The van der Waals surface area contributed by atoms with Crippen LogP contribution in [-0.4, -0.2) is 56.7 Å². The Morgan fingerprint density at radius 1 is 1.41 bits per heavy atom. The summed E-state index contributed by atoms with van der Waals surface area (Å²) < 4.78 is 10.5. The molecule has 0 spiro atoms. The number of benzene rings is 1. The molecule has 2 amide bonds. The maximum atomic E-state index is 12.4. The molecule has 0 bridgehead atoms. The van der Waals surface area contributed by atoms with Gasteiger partial charge in [-0.2, -0.15) is 0 Å². The summed E-state index contributed by atoms with van der Waals surface area (Å²) in [6.45, 7) is 1.04. The fourth-order valence-corrected chi connectivity index (χ4v) is 2.51. The Morgan fingerprint density at radius 3 is 2.82 bits per heavy atom. The van der Waals surface area contributed by atoms with Crippen molar-refractivity contribution in [3.05, 3.63) is 35.9 Å². The number of carbonyl (C=O) groups excluding carboxylic acids is 2. The van der Waals surface area contributed by atoms with Gasteiger partial charge in [0.15, 0.2) is 6.10 Å². The van der Waals surface area contributed by atoms with Crippen LogP contribution in [0.4, 0.5) is 0 Å². The van der Waals surface area contributed by atoms with Gasteiger partial charge in [-0.3, -0.25) is 9.59 Å². The van der Waals surface area contributed by atoms with Crippen LogP contribution >= 0.6 is 0 Å².